The van der Waals surface area contributed by atoms with E-state index >= 15 is 0 Å². The van der Waals surface area contributed by atoms with Crippen molar-refractivity contribution in [2.24, 2.45) is 0 Å². The topological polar surface area (TPSA) is 56.9 Å². The molecular formula is C16H20FN3O. The van der Waals surface area contributed by atoms with E-state index in [0.717, 1.165) is 16.5 Å². The van der Waals surface area contributed by atoms with Gasteiger partial charge in [0.25, 0.3) is 5.91 Å². The van der Waals surface area contributed by atoms with Crippen LogP contribution in [0.2, 0.25) is 0 Å². The van der Waals surface area contributed by atoms with Gasteiger partial charge in [0, 0.05) is 30.0 Å². The number of aromatic amines is 1. The Balaban J connectivity index is 1.74. The molecule has 2 atom stereocenters. The minimum absolute atomic E-state index is 0.0240. The smallest absolute Gasteiger partial charge is 0.268 e. The molecule has 1 aliphatic rings. The quantitative estimate of drug-likeness (QED) is 0.811. The molecule has 2 aromatic rings. The van der Waals surface area contributed by atoms with Crippen LogP contribution in [0.5, 0.6) is 0 Å². The van der Waals surface area contributed by atoms with Crippen molar-refractivity contribution in [1.82, 2.24) is 15.6 Å². The number of halogens is 1. The highest BCUT2D eigenvalue weighted by molar-refractivity contribution is 6.01. The number of alkyl halides is 1. The van der Waals surface area contributed by atoms with Gasteiger partial charge in [0.05, 0.1) is 0 Å². The molecule has 0 unspecified atom stereocenters. The summed E-state index contributed by atoms with van der Waals surface area (Å²) in [6.45, 7) is 4.81. The van der Waals surface area contributed by atoms with Gasteiger partial charge in [0.1, 0.15) is 11.9 Å². The summed E-state index contributed by atoms with van der Waals surface area (Å²) in [5, 5.41) is 7.01. The fraction of sp³-hybridized carbons (Fsp3) is 0.438. The van der Waals surface area contributed by atoms with Crippen molar-refractivity contribution < 1.29 is 9.18 Å². The highest BCUT2D eigenvalue weighted by Gasteiger charge is 2.24. The lowest BCUT2D eigenvalue weighted by Crippen LogP contribution is -2.37. The molecule has 3 N–H and O–H groups in total. The second kappa shape index (κ2) is 5.48. The fourth-order valence-corrected chi connectivity index (χ4v) is 2.90. The number of fused-ring (bicyclic) bond motifs is 1. The highest BCUT2D eigenvalue weighted by Crippen LogP contribution is 2.22. The molecule has 1 aromatic heterocycles. The molecule has 5 heteroatoms. The molecule has 1 aliphatic heterocycles. The van der Waals surface area contributed by atoms with Crippen molar-refractivity contribution in [3.05, 3.63) is 35.0 Å². The SMILES string of the molecule is Cc1ccc2[nH]c(C(=O)NC[C@@H]3C[C@H](F)CN3)c(C)c2c1. The first kappa shape index (κ1) is 14.1. The average molecular weight is 289 g/mol. The van der Waals surface area contributed by atoms with Crippen molar-refractivity contribution >= 4 is 16.8 Å². The van der Waals surface area contributed by atoms with Gasteiger partial charge in [-0.25, -0.2) is 4.39 Å². The zero-order valence-electron chi connectivity index (χ0n) is 12.3. The summed E-state index contributed by atoms with van der Waals surface area (Å²) in [6, 6.07) is 6.10. The number of nitrogens with one attached hydrogen (secondary N) is 3. The summed E-state index contributed by atoms with van der Waals surface area (Å²) < 4.78 is 13.1. The second-order valence-electron chi connectivity index (χ2n) is 5.82. The minimum atomic E-state index is -0.801. The Morgan fingerprint density at radius 1 is 1.43 bits per heavy atom. The lowest BCUT2D eigenvalue weighted by Gasteiger charge is -2.11. The minimum Gasteiger partial charge on any atom is -0.350 e. The number of hydrogen-bond acceptors (Lipinski definition) is 2. The molecule has 0 aliphatic carbocycles. The number of aryl methyl sites for hydroxylation is 2. The molecule has 3 rings (SSSR count). The first-order valence-corrected chi connectivity index (χ1v) is 7.29. The van der Waals surface area contributed by atoms with Gasteiger partial charge in [-0.2, -0.15) is 0 Å². The van der Waals surface area contributed by atoms with Crippen LogP contribution in [0.4, 0.5) is 4.39 Å². The summed E-state index contributed by atoms with van der Waals surface area (Å²) in [4.78, 5) is 15.5. The van der Waals surface area contributed by atoms with Crippen LogP contribution in [0, 0.1) is 13.8 Å². The first-order valence-electron chi connectivity index (χ1n) is 7.29. The van der Waals surface area contributed by atoms with Crippen LogP contribution in [-0.4, -0.2) is 36.2 Å². The maximum absolute atomic E-state index is 13.1. The second-order valence-corrected chi connectivity index (χ2v) is 5.82. The third kappa shape index (κ3) is 2.78. The van der Waals surface area contributed by atoms with E-state index in [2.05, 4.69) is 21.7 Å². The lowest BCUT2D eigenvalue weighted by molar-refractivity contribution is 0.0945. The number of H-pyrrole nitrogens is 1. The van der Waals surface area contributed by atoms with Crippen LogP contribution < -0.4 is 10.6 Å². The Labute approximate surface area is 123 Å². The van der Waals surface area contributed by atoms with Gasteiger partial charge in [-0.1, -0.05) is 11.6 Å². The molecule has 1 fully saturated rings. The van der Waals surface area contributed by atoms with Gasteiger partial charge >= 0.3 is 0 Å². The Kier molecular flexibility index (Phi) is 3.68. The molecular weight excluding hydrogens is 269 g/mol. The van der Waals surface area contributed by atoms with Crippen molar-refractivity contribution in [2.45, 2.75) is 32.5 Å². The van der Waals surface area contributed by atoms with Gasteiger partial charge < -0.3 is 15.6 Å². The maximum atomic E-state index is 13.1. The Hall–Kier alpha value is -1.88. The number of carbonyl (C=O) groups excluding carboxylic acids is 1. The molecule has 2 heterocycles. The predicted molar refractivity (Wildman–Crippen MR) is 81.4 cm³/mol. The number of rotatable bonds is 3. The molecule has 4 nitrogen and oxygen atoms in total. The van der Waals surface area contributed by atoms with Crippen LogP contribution in [0.1, 0.15) is 28.0 Å². The molecule has 0 saturated carbocycles. The van der Waals surface area contributed by atoms with E-state index in [-0.39, 0.29) is 11.9 Å². The Morgan fingerprint density at radius 2 is 2.24 bits per heavy atom. The largest absolute Gasteiger partial charge is 0.350 e. The average Bonchev–Trinajstić information content (AvgIpc) is 3.01. The van der Waals surface area contributed by atoms with E-state index < -0.39 is 6.17 Å². The molecule has 0 bridgehead atoms. The number of amides is 1. The van der Waals surface area contributed by atoms with Crippen LogP contribution in [0.3, 0.4) is 0 Å². The fourth-order valence-electron chi connectivity index (χ4n) is 2.90. The normalized spacial score (nSPS) is 21.9. The van der Waals surface area contributed by atoms with Crippen molar-refractivity contribution in [3.8, 4) is 0 Å². The summed E-state index contributed by atoms with van der Waals surface area (Å²) >= 11 is 0. The highest BCUT2D eigenvalue weighted by atomic mass is 19.1. The number of benzene rings is 1. The van der Waals surface area contributed by atoms with Gasteiger partial charge in [-0.05, 0) is 38.0 Å². The molecule has 21 heavy (non-hydrogen) atoms. The van der Waals surface area contributed by atoms with Crippen molar-refractivity contribution in [3.63, 3.8) is 0 Å². The third-order valence-electron chi connectivity index (χ3n) is 4.12. The van der Waals surface area contributed by atoms with Crippen LogP contribution in [0.25, 0.3) is 10.9 Å². The third-order valence-corrected chi connectivity index (χ3v) is 4.12. The zero-order chi connectivity index (χ0) is 15.0. The van der Waals surface area contributed by atoms with E-state index in [0.29, 0.717) is 25.2 Å². The lowest BCUT2D eigenvalue weighted by atomic mass is 10.1. The van der Waals surface area contributed by atoms with Gasteiger partial charge in [0.2, 0.25) is 0 Å². The van der Waals surface area contributed by atoms with E-state index in [1.165, 1.54) is 5.56 Å². The van der Waals surface area contributed by atoms with Gasteiger partial charge in [-0.3, -0.25) is 4.79 Å². The van der Waals surface area contributed by atoms with Crippen LogP contribution in [-0.2, 0) is 0 Å². The predicted octanol–water partition coefficient (Wildman–Crippen LogP) is 2.21. The molecule has 112 valence electrons. The summed E-state index contributed by atoms with van der Waals surface area (Å²) in [7, 11) is 0. The summed E-state index contributed by atoms with van der Waals surface area (Å²) in [6.07, 6.45) is -0.338. The molecule has 1 saturated heterocycles. The van der Waals surface area contributed by atoms with E-state index in [1.807, 2.05) is 26.0 Å². The molecule has 1 amide bonds. The molecule has 0 spiro atoms. The summed E-state index contributed by atoms with van der Waals surface area (Å²) in [5.74, 6) is -0.134. The Bertz CT molecular complexity index is 679. The van der Waals surface area contributed by atoms with Crippen LogP contribution >= 0.6 is 0 Å². The van der Waals surface area contributed by atoms with Gasteiger partial charge in [-0.15, -0.1) is 0 Å². The Morgan fingerprint density at radius 3 is 2.95 bits per heavy atom. The van der Waals surface area contributed by atoms with E-state index in [9.17, 15) is 9.18 Å². The molecule has 1 aromatic carbocycles. The molecule has 0 radical (unpaired) electrons. The first-order chi connectivity index (χ1) is 10.0. The maximum Gasteiger partial charge on any atom is 0.268 e. The van der Waals surface area contributed by atoms with Crippen molar-refractivity contribution in [2.75, 3.05) is 13.1 Å². The number of hydrogen-bond donors (Lipinski definition) is 3. The number of aromatic nitrogens is 1. The van der Waals surface area contributed by atoms with E-state index in [1.54, 1.807) is 0 Å². The van der Waals surface area contributed by atoms with E-state index in [4.69, 9.17) is 0 Å². The van der Waals surface area contributed by atoms with Crippen LogP contribution in [0.15, 0.2) is 18.2 Å². The van der Waals surface area contributed by atoms with Crippen molar-refractivity contribution in [1.29, 1.82) is 0 Å². The van der Waals surface area contributed by atoms with Gasteiger partial charge in [0.15, 0.2) is 0 Å². The zero-order valence-corrected chi connectivity index (χ0v) is 12.3. The number of carbonyl (C=O) groups is 1. The monoisotopic (exact) mass is 289 g/mol. The standard InChI is InChI=1S/C16H20FN3O/c1-9-3-4-14-13(5-9)10(2)15(20-14)16(21)19-8-12-6-11(17)7-18-12/h3-5,11-12,18,20H,6-8H2,1-2H3,(H,19,21)/t11-,12-/m0/s1. The summed E-state index contributed by atoms with van der Waals surface area (Å²) in [5.41, 5.74) is 3.67.